The molecule has 2 aromatic heterocycles. The molecule has 0 spiro atoms. The van der Waals surface area contributed by atoms with Crippen LogP contribution in [-0.2, 0) is 0 Å². The highest BCUT2D eigenvalue weighted by Gasteiger charge is 2.18. The van der Waals surface area contributed by atoms with E-state index in [1.54, 1.807) is 0 Å². The van der Waals surface area contributed by atoms with E-state index in [1.165, 1.54) is 6.07 Å². The Bertz CT molecular complexity index is 1590. The molecule has 0 amide bonds. The third kappa shape index (κ3) is 4.99. The van der Waals surface area contributed by atoms with Gasteiger partial charge in [0.1, 0.15) is 11.6 Å². The number of nitriles is 1. The number of rotatable bonds is 5. The number of anilines is 1. The molecular weight excluding hydrogens is 476 g/mol. The molecule has 0 radical (unpaired) electrons. The molecule has 1 fully saturated rings. The van der Waals surface area contributed by atoms with Crippen molar-refractivity contribution in [2.75, 3.05) is 52.2 Å². The van der Waals surface area contributed by atoms with Gasteiger partial charge in [-0.3, -0.25) is 14.2 Å². The predicted molar refractivity (Wildman–Crippen MR) is 150 cm³/mol. The summed E-state index contributed by atoms with van der Waals surface area (Å²) >= 11 is 0. The number of likely N-dealkylation sites (N-methyl/N-ethyl adjacent to an activating group) is 1. The average molecular weight is 507 g/mol. The SMILES string of the molecule is Cc1cc(=O)nc2c(C#N)c(-c3ccc(N(C)C)cc3)cc(-c3ccc(N=NN4CCN(C)CC4)cc3)n12. The molecule has 3 heterocycles. The molecule has 0 unspecified atom stereocenters. The summed E-state index contributed by atoms with van der Waals surface area (Å²) in [5.41, 5.74) is 6.21. The number of piperazine rings is 1. The van der Waals surface area contributed by atoms with Gasteiger partial charge in [-0.05, 0) is 55.4 Å². The molecule has 38 heavy (non-hydrogen) atoms. The highest BCUT2D eigenvalue weighted by atomic mass is 16.1. The number of pyridine rings is 1. The quantitative estimate of drug-likeness (QED) is 0.370. The lowest BCUT2D eigenvalue weighted by Gasteiger charge is -2.29. The monoisotopic (exact) mass is 506 g/mol. The van der Waals surface area contributed by atoms with Gasteiger partial charge in [0.05, 0.1) is 24.5 Å². The van der Waals surface area contributed by atoms with E-state index < -0.39 is 0 Å². The minimum Gasteiger partial charge on any atom is -0.378 e. The molecule has 1 aliphatic rings. The van der Waals surface area contributed by atoms with Crippen LogP contribution in [0.15, 0.2) is 75.8 Å². The first-order chi connectivity index (χ1) is 18.3. The maximum atomic E-state index is 12.4. The second-order valence-corrected chi connectivity index (χ2v) is 9.76. The van der Waals surface area contributed by atoms with E-state index in [0.717, 1.165) is 59.9 Å². The number of benzene rings is 2. The summed E-state index contributed by atoms with van der Waals surface area (Å²) < 4.78 is 1.87. The number of aryl methyl sites for hydroxylation is 1. The van der Waals surface area contributed by atoms with Crippen molar-refractivity contribution in [3.05, 3.63) is 82.3 Å². The summed E-state index contributed by atoms with van der Waals surface area (Å²) in [6, 6.07) is 21.6. The van der Waals surface area contributed by atoms with Crippen LogP contribution in [0.5, 0.6) is 0 Å². The Balaban J connectivity index is 1.59. The second-order valence-electron chi connectivity index (χ2n) is 9.76. The fourth-order valence-electron chi connectivity index (χ4n) is 4.65. The minimum atomic E-state index is -0.371. The maximum Gasteiger partial charge on any atom is 0.273 e. The summed E-state index contributed by atoms with van der Waals surface area (Å²) in [5.74, 6) is 0. The van der Waals surface area contributed by atoms with Gasteiger partial charge >= 0.3 is 0 Å². The Morgan fingerprint density at radius 1 is 0.947 bits per heavy atom. The molecule has 5 rings (SSSR count). The molecule has 9 heteroatoms. The highest BCUT2D eigenvalue weighted by Crippen LogP contribution is 2.34. The summed E-state index contributed by atoms with van der Waals surface area (Å²) in [4.78, 5) is 20.9. The van der Waals surface area contributed by atoms with Gasteiger partial charge < -0.3 is 9.80 Å². The average Bonchev–Trinajstić information content (AvgIpc) is 2.92. The topological polar surface area (TPSA) is 92.6 Å². The fourth-order valence-corrected chi connectivity index (χ4v) is 4.65. The van der Waals surface area contributed by atoms with Crippen LogP contribution in [0.3, 0.4) is 0 Å². The van der Waals surface area contributed by atoms with E-state index >= 15 is 0 Å². The fraction of sp³-hybridized carbons (Fsp3) is 0.276. The van der Waals surface area contributed by atoms with E-state index in [-0.39, 0.29) is 5.56 Å². The molecule has 2 aromatic carbocycles. The summed E-state index contributed by atoms with van der Waals surface area (Å²) in [5, 5.41) is 20.9. The van der Waals surface area contributed by atoms with Crippen molar-refractivity contribution in [3.63, 3.8) is 0 Å². The molecular formula is C29H30N8O. The lowest BCUT2D eigenvalue weighted by Crippen LogP contribution is -2.41. The van der Waals surface area contributed by atoms with Crippen LogP contribution in [0.25, 0.3) is 28.0 Å². The zero-order valence-electron chi connectivity index (χ0n) is 22.1. The van der Waals surface area contributed by atoms with E-state index in [4.69, 9.17) is 0 Å². The van der Waals surface area contributed by atoms with Crippen LogP contribution in [0.2, 0.25) is 0 Å². The second kappa shape index (κ2) is 10.4. The van der Waals surface area contributed by atoms with Crippen molar-refractivity contribution in [1.82, 2.24) is 19.3 Å². The van der Waals surface area contributed by atoms with Crippen molar-refractivity contribution in [3.8, 4) is 28.5 Å². The number of aromatic nitrogens is 2. The maximum absolute atomic E-state index is 12.4. The minimum absolute atomic E-state index is 0.348. The first kappa shape index (κ1) is 25.1. The number of fused-ring (bicyclic) bond motifs is 1. The van der Waals surface area contributed by atoms with Crippen molar-refractivity contribution in [1.29, 1.82) is 5.26 Å². The number of nitrogens with zero attached hydrogens (tertiary/aromatic N) is 8. The number of hydrogen-bond donors (Lipinski definition) is 0. The van der Waals surface area contributed by atoms with Gasteiger partial charge in [-0.25, -0.2) is 0 Å². The Labute approximate surface area is 221 Å². The predicted octanol–water partition coefficient (Wildman–Crippen LogP) is 4.52. The Morgan fingerprint density at radius 3 is 2.24 bits per heavy atom. The van der Waals surface area contributed by atoms with Gasteiger partial charge in [-0.1, -0.05) is 29.5 Å². The Kier molecular flexibility index (Phi) is 6.90. The Hall–Kier alpha value is -4.55. The van der Waals surface area contributed by atoms with Gasteiger partial charge in [0.15, 0.2) is 5.65 Å². The standard InChI is InChI=1S/C29H30N8O/c1-20-17-28(38)31-29-26(19-30)25(21-7-11-24(12-8-21)34(2)3)18-27(37(20)29)22-5-9-23(10-6-22)32-33-36-15-13-35(4)14-16-36/h5-12,17-18H,13-16H2,1-4H3. The molecule has 1 aliphatic heterocycles. The van der Waals surface area contributed by atoms with Gasteiger partial charge in [0, 0.05) is 50.2 Å². The molecule has 1 saturated heterocycles. The first-order valence-corrected chi connectivity index (χ1v) is 12.5. The van der Waals surface area contributed by atoms with E-state index in [2.05, 4.69) is 33.3 Å². The van der Waals surface area contributed by atoms with Crippen LogP contribution in [0, 0.1) is 18.3 Å². The van der Waals surface area contributed by atoms with E-state index in [9.17, 15) is 10.1 Å². The van der Waals surface area contributed by atoms with E-state index in [0.29, 0.717) is 16.9 Å². The van der Waals surface area contributed by atoms with E-state index in [1.807, 2.05) is 89.9 Å². The van der Waals surface area contributed by atoms with Gasteiger partial charge in [-0.2, -0.15) is 10.2 Å². The lowest BCUT2D eigenvalue weighted by molar-refractivity contribution is 0.150. The van der Waals surface area contributed by atoms with Gasteiger partial charge in [0.25, 0.3) is 5.56 Å². The first-order valence-electron chi connectivity index (χ1n) is 12.5. The summed E-state index contributed by atoms with van der Waals surface area (Å²) in [6.45, 7) is 5.51. The van der Waals surface area contributed by atoms with Gasteiger partial charge in [-0.15, -0.1) is 5.11 Å². The zero-order chi connectivity index (χ0) is 26.8. The Morgan fingerprint density at radius 2 is 1.61 bits per heavy atom. The summed E-state index contributed by atoms with van der Waals surface area (Å²) in [7, 11) is 6.08. The van der Waals surface area contributed by atoms with Crippen LogP contribution in [-0.4, -0.2) is 66.6 Å². The molecule has 0 atom stereocenters. The van der Waals surface area contributed by atoms with Crippen LogP contribution in [0.1, 0.15) is 11.3 Å². The van der Waals surface area contributed by atoms with Crippen LogP contribution >= 0.6 is 0 Å². The van der Waals surface area contributed by atoms with Crippen molar-refractivity contribution < 1.29 is 0 Å². The third-order valence-electron chi connectivity index (χ3n) is 6.86. The van der Waals surface area contributed by atoms with Crippen molar-refractivity contribution >= 4 is 17.0 Å². The molecule has 0 N–H and O–H groups in total. The number of hydrogen-bond acceptors (Lipinski definition) is 7. The third-order valence-corrected chi connectivity index (χ3v) is 6.86. The zero-order valence-corrected chi connectivity index (χ0v) is 22.1. The molecule has 4 aromatic rings. The molecule has 9 nitrogen and oxygen atoms in total. The molecule has 0 saturated carbocycles. The van der Waals surface area contributed by atoms with Crippen molar-refractivity contribution in [2.24, 2.45) is 10.3 Å². The smallest absolute Gasteiger partial charge is 0.273 e. The van der Waals surface area contributed by atoms with Crippen LogP contribution in [0.4, 0.5) is 11.4 Å². The highest BCUT2D eigenvalue weighted by molar-refractivity contribution is 5.83. The largest absolute Gasteiger partial charge is 0.378 e. The summed E-state index contributed by atoms with van der Waals surface area (Å²) in [6.07, 6.45) is 0. The van der Waals surface area contributed by atoms with Gasteiger partial charge in [0.2, 0.25) is 0 Å². The van der Waals surface area contributed by atoms with Crippen molar-refractivity contribution in [2.45, 2.75) is 6.92 Å². The molecule has 0 bridgehead atoms. The molecule has 192 valence electrons. The molecule has 0 aliphatic carbocycles. The lowest BCUT2D eigenvalue weighted by atomic mass is 9.97. The normalized spacial score (nSPS) is 14.2. The van der Waals surface area contributed by atoms with Crippen LogP contribution < -0.4 is 10.5 Å².